The van der Waals surface area contributed by atoms with E-state index in [1.165, 1.54) is 9.75 Å². The number of carbonyl (C=O) groups is 2. The zero-order valence-electron chi connectivity index (χ0n) is 12.2. The second-order valence-corrected chi connectivity index (χ2v) is 6.30. The van der Waals surface area contributed by atoms with Crippen LogP contribution in [0.3, 0.4) is 0 Å². The molecule has 0 bridgehead atoms. The Morgan fingerprint density at radius 1 is 1.35 bits per heavy atom. The lowest BCUT2D eigenvalue weighted by molar-refractivity contribution is -0.137. The molecule has 3 N–H and O–H groups in total. The summed E-state index contributed by atoms with van der Waals surface area (Å²) in [6.07, 6.45) is 1.39. The van der Waals surface area contributed by atoms with Gasteiger partial charge in [0.25, 0.3) is 0 Å². The molecule has 20 heavy (non-hydrogen) atoms. The fourth-order valence-electron chi connectivity index (χ4n) is 2.01. The fraction of sp³-hybridized carbons (Fsp3) is 0.571. The standard InChI is InChI=1S/C14H22N2O3S/c1-9-8-12(11(3)20-9)10(2)16-14(19)15-7-5-4-6-13(17)18/h8,10H,4-7H2,1-3H3,(H,17,18)(H2,15,16,19). The Kier molecular flexibility index (Phi) is 6.51. The van der Waals surface area contributed by atoms with Crippen LogP contribution < -0.4 is 10.6 Å². The van der Waals surface area contributed by atoms with Gasteiger partial charge >= 0.3 is 12.0 Å². The molecule has 0 aliphatic carbocycles. The number of rotatable bonds is 7. The number of carbonyl (C=O) groups excluding carboxylic acids is 1. The highest BCUT2D eigenvalue weighted by Gasteiger charge is 2.13. The van der Waals surface area contributed by atoms with E-state index in [0.29, 0.717) is 19.4 Å². The highest BCUT2D eigenvalue weighted by atomic mass is 32.1. The third-order valence-corrected chi connectivity index (χ3v) is 3.98. The molecule has 0 saturated heterocycles. The van der Waals surface area contributed by atoms with Crippen molar-refractivity contribution in [3.05, 3.63) is 21.4 Å². The summed E-state index contributed by atoms with van der Waals surface area (Å²) in [6.45, 7) is 6.55. The number of carboxylic acid groups (broad SMARTS) is 1. The van der Waals surface area contributed by atoms with E-state index in [4.69, 9.17) is 5.11 Å². The first-order chi connectivity index (χ1) is 9.40. The minimum Gasteiger partial charge on any atom is -0.481 e. The number of aryl methyl sites for hydroxylation is 2. The number of urea groups is 1. The van der Waals surface area contributed by atoms with Crippen molar-refractivity contribution in [3.8, 4) is 0 Å². The smallest absolute Gasteiger partial charge is 0.315 e. The third kappa shape index (κ3) is 5.61. The van der Waals surface area contributed by atoms with Gasteiger partial charge in [0, 0.05) is 22.7 Å². The van der Waals surface area contributed by atoms with Gasteiger partial charge in [0.2, 0.25) is 0 Å². The maximum absolute atomic E-state index is 11.7. The van der Waals surface area contributed by atoms with Crippen LogP contribution in [0.1, 0.15) is 47.5 Å². The predicted molar refractivity (Wildman–Crippen MR) is 80.2 cm³/mol. The van der Waals surface area contributed by atoms with E-state index in [1.54, 1.807) is 11.3 Å². The molecule has 5 nitrogen and oxygen atoms in total. The van der Waals surface area contributed by atoms with Crippen molar-refractivity contribution < 1.29 is 14.7 Å². The van der Waals surface area contributed by atoms with Crippen molar-refractivity contribution in [2.75, 3.05) is 6.54 Å². The van der Waals surface area contributed by atoms with E-state index in [1.807, 2.05) is 6.92 Å². The highest BCUT2D eigenvalue weighted by Crippen LogP contribution is 2.25. The number of amides is 2. The van der Waals surface area contributed by atoms with Gasteiger partial charge < -0.3 is 15.7 Å². The summed E-state index contributed by atoms with van der Waals surface area (Å²) in [5, 5.41) is 14.1. The van der Waals surface area contributed by atoms with E-state index in [9.17, 15) is 9.59 Å². The lowest BCUT2D eigenvalue weighted by atomic mass is 10.1. The summed E-state index contributed by atoms with van der Waals surface area (Å²) >= 11 is 1.72. The molecule has 0 aliphatic heterocycles. The average Bonchev–Trinajstić information content (AvgIpc) is 2.67. The molecule has 6 heteroatoms. The molecule has 2 amide bonds. The van der Waals surface area contributed by atoms with E-state index >= 15 is 0 Å². The van der Waals surface area contributed by atoms with Gasteiger partial charge in [0.15, 0.2) is 0 Å². The molecule has 1 rings (SSSR count). The molecule has 0 aliphatic rings. The summed E-state index contributed by atoms with van der Waals surface area (Å²) in [5.74, 6) is -0.800. The Labute approximate surface area is 123 Å². The lowest BCUT2D eigenvalue weighted by Crippen LogP contribution is -2.37. The topological polar surface area (TPSA) is 78.4 Å². The van der Waals surface area contributed by atoms with Crippen molar-refractivity contribution in [2.24, 2.45) is 0 Å². The largest absolute Gasteiger partial charge is 0.481 e. The predicted octanol–water partition coefficient (Wildman–Crippen LogP) is 2.98. The first-order valence-corrected chi connectivity index (χ1v) is 7.55. The molecule has 0 aromatic carbocycles. The Morgan fingerprint density at radius 2 is 2.05 bits per heavy atom. The van der Waals surface area contributed by atoms with Gasteiger partial charge in [-0.25, -0.2) is 4.79 Å². The maximum Gasteiger partial charge on any atom is 0.315 e. The lowest BCUT2D eigenvalue weighted by Gasteiger charge is -2.14. The van der Waals surface area contributed by atoms with Crippen LogP contribution in [0.15, 0.2) is 6.07 Å². The van der Waals surface area contributed by atoms with Gasteiger partial charge in [0.1, 0.15) is 0 Å². The van der Waals surface area contributed by atoms with Crippen LogP contribution >= 0.6 is 11.3 Å². The van der Waals surface area contributed by atoms with Gasteiger partial charge in [0.05, 0.1) is 6.04 Å². The summed E-state index contributed by atoms with van der Waals surface area (Å²) < 4.78 is 0. The van der Waals surface area contributed by atoms with Crippen molar-refractivity contribution >= 4 is 23.3 Å². The van der Waals surface area contributed by atoms with Gasteiger partial charge in [-0.1, -0.05) is 0 Å². The van der Waals surface area contributed by atoms with Crippen molar-refractivity contribution in [1.82, 2.24) is 10.6 Å². The normalized spacial score (nSPS) is 11.9. The Morgan fingerprint density at radius 3 is 2.60 bits per heavy atom. The zero-order chi connectivity index (χ0) is 15.1. The van der Waals surface area contributed by atoms with Crippen LogP contribution in [0.2, 0.25) is 0 Å². The number of unbranched alkanes of at least 4 members (excludes halogenated alkanes) is 1. The molecular formula is C14H22N2O3S. The first-order valence-electron chi connectivity index (χ1n) is 6.73. The maximum atomic E-state index is 11.7. The number of nitrogens with one attached hydrogen (secondary N) is 2. The van der Waals surface area contributed by atoms with Gasteiger partial charge in [-0.05, 0) is 45.2 Å². The number of aliphatic carboxylic acids is 1. The molecule has 1 aromatic heterocycles. The van der Waals surface area contributed by atoms with Gasteiger partial charge in [-0.15, -0.1) is 11.3 Å². The minimum atomic E-state index is -0.800. The molecular weight excluding hydrogens is 276 g/mol. The number of carboxylic acids is 1. The van der Waals surface area contributed by atoms with E-state index in [2.05, 4.69) is 30.5 Å². The van der Waals surface area contributed by atoms with Crippen molar-refractivity contribution in [1.29, 1.82) is 0 Å². The summed E-state index contributed by atoms with van der Waals surface area (Å²) in [7, 11) is 0. The molecule has 0 spiro atoms. The number of thiophene rings is 1. The highest BCUT2D eigenvalue weighted by molar-refractivity contribution is 7.12. The van der Waals surface area contributed by atoms with Gasteiger partial charge in [-0.3, -0.25) is 4.79 Å². The Hall–Kier alpha value is -1.56. The number of hydrogen-bond acceptors (Lipinski definition) is 3. The monoisotopic (exact) mass is 298 g/mol. The molecule has 1 unspecified atom stereocenters. The van der Waals surface area contributed by atoms with E-state index < -0.39 is 5.97 Å². The van der Waals surface area contributed by atoms with Crippen LogP contribution in [-0.4, -0.2) is 23.7 Å². The molecule has 0 radical (unpaired) electrons. The van der Waals surface area contributed by atoms with Crippen LogP contribution in [0, 0.1) is 13.8 Å². The number of hydrogen-bond donors (Lipinski definition) is 3. The molecule has 0 saturated carbocycles. The second kappa shape index (κ2) is 7.89. The quantitative estimate of drug-likeness (QED) is 0.677. The molecule has 1 aromatic rings. The minimum absolute atomic E-state index is 0.0287. The van der Waals surface area contributed by atoms with Crippen LogP contribution in [-0.2, 0) is 4.79 Å². The summed E-state index contributed by atoms with van der Waals surface area (Å²) in [6, 6.07) is 1.85. The van der Waals surface area contributed by atoms with Gasteiger partial charge in [-0.2, -0.15) is 0 Å². The van der Waals surface area contributed by atoms with E-state index in [-0.39, 0.29) is 18.5 Å². The van der Waals surface area contributed by atoms with Crippen LogP contribution in [0.4, 0.5) is 4.79 Å². The third-order valence-electron chi connectivity index (χ3n) is 3.00. The average molecular weight is 298 g/mol. The van der Waals surface area contributed by atoms with Crippen LogP contribution in [0.5, 0.6) is 0 Å². The van der Waals surface area contributed by atoms with E-state index in [0.717, 1.165) is 5.56 Å². The molecule has 112 valence electrons. The SMILES string of the molecule is Cc1cc(C(C)NC(=O)NCCCCC(=O)O)c(C)s1. The Balaban J connectivity index is 2.28. The summed E-state index contributed by atoms with van der Waals surface area (Å²) in [5.41, 5.74) is 1.15. The molecule has 1 atom stereocenters. The van der Waals surface area contributed by atoms with Crippen LogP contribution in [0.25, 0.3) is 0 Å². The van der Waals surface area contributed by atoms with Crippen molar-refractivity contribution in [2.45, 2.75) is 46.1 Å². The first kappa shape index (κ1) is 16.5. The van der Waals surface area contributed by atoms with Crippen molar-refractivity contribution in [3.63, 3.8) is 0 Å². The Bertz CT molecular complexity index is 471. The molecule has 1 heterocycles. The fourth-order valence-corrected chi connectivity index (χ4v) is 3.03. The molecule has 0 fully saturated rings. The second-order valence-electron chi connectivity index (χ2n) is 4.84. The summed E-state index contributed by atoms with van der Waals surface area (Å²) in [4.78, 5) is 24.5. The zero-order valence-corrected chi connectivity index (χ0v) is 13.0.